The maximum absolute atomic E-state index is 11.7. The predicted molar refractivity (Wildman–Crippen MR) is 89.2 cm³/mol. The summed E-state index contributed by atoms with van der Waals surface area (Å²) in [5.74, 6) is -0.314. The van der Waals surface area contributed by atoms with E-state index in [2.05, 4.69) is 4.85 Å². The first-order valence-corrected chi connectivity index (χ1v) is 7.50. The number of ether oxygens (including phenoxy) is 1. The molecule has 120 valence electrons. The van der Waals surface area contributed by atoms with Crippen LogP contribution in [0.3, 0.4) is 0 Å². The van der Waals surface area contributed by atoms with Gasteiger partial charge >= 0.3 is 5.97 Å². The van der Waals surface area contributed by atoms with Crippen LogP contribution in [-0.2, 0) is 13.5 Å². The van der Waals surface area contributed by atoms with Crippen LogP contribution < -0.4 is 4.74 Å². The third-order valence-corrected chi connectivity index (χ3v) is 3.65. The Morgan fingerprint density at radius 3 is 2.39 bits per heavy atom. The minimum absolute atomic E-state index is 0.0673. The number of carboxylic acids is 1. The molecule has 5 nitrogen and oxygen atoms in total. The van der Waals surface area contributed by atoms with Crippen LogP contribution in [0.4, 0.5) is 5.69 Å². The molecule has 0 atom stereocenters. The Morgan fingerprint density at radius 2 is 1.96 bits per heavy atom. The van der Waals surface area contributed by atoms with Crippen molar-refractivity contribution in [3.8, 4) is 16.9 Å². The van der Waals surface area contributed by atoms with Crippen LogP contribution in [0, 0.1) is 6.57 Å². The Bertz CT molecular complexity index is 765. The number of benzene rings is 1. The van der Waals surface area contributed by atoms with Crippen molar-refractivity contribution >= 4 is 11.7 Å². The molecule has 1 heterocycles. The molecule has 5 heteroatoms. The van der Waals surface area contributed by atoms with Crippen LogP contribution >= 0.6 is 0 Å². The molecule has 0 radical (unpaired) electrons. The second-order valence-electron chi connectivity index (χ2n) is 5.54. The van der Waals surface area contributed by atoms with E-state index in [9.17, 15) is 9.90 Å². The van der Waals surface area contributed by atoms with Crippen molar-refractivity contribution < 1.29 is 14.6 Å². The first-order chi connectivity index (χ1) is 10.9. The zero-order chi connectivity index (χ0) is 17.1. The SMILES string of the molecule is [C-]#[N+]c1c(-c2ccc(OC(C)C)cc2)c(C(=O)O)n(C)c1CC. The quantitative estimate of drug-likeness (QED) is 0.838. The van der Waals surface area contributed by atoms with Gasteiger partial charge in [-0.15, -0.1) is 0 Å². The fraction of sp³-hybridized carbons (Fsp3) is 0.333. The summed E-state index contributed by atoms with van der Waals surface area (Å²) in [5, 5.41) is 9.56. The summed E-state index contributed by atoms with van der Waals surface area (Å²) in [5.41, 5.74) is 2.47. The summed E-state index contributed by atoms with van der Waals surface area (Å²) >= 11 is 0. The van der Waals surface area contributed by atoms with Gasteiger partial charge in [0.15, 0.2) is 0 Å². The maximum atomic E-state index is 11.7. The van der Waals surface area contributed by atoms with Crippen molar-refractivity contribution in [1.82, 2.24) is 4.57 Å². The topological polar surface area (TPSA) is 55.8 Å². The molecular weight excluding hydrogens is 292 g/mol. The lowest BCUT2D eigenvalue weighted by molar-refractivity contribution is 0.0687. The van der Waals surface area contributed by atoms with Crippen LogP contribution in [0.1, 0.15) is 37.0 Å². The molecule has 2 rings (SSSR count). The summed E-state index contributed by atoms with van der Waals surface area (Å²) in [6, 6.07) is 7.20. The molecule has 1 aromatic heterocycles. The molecule has 0 aliphatic carbocycles. The third kappa shape index (κ3) is 3.07. The van der Waals surface area contributed by atoms with Crippen molar-refractivity contribution in [3.63, 3.8) is 0 Å². The van der Waals surface area contributed by atoms with Crippen LogP contribution in [0.15, 0.2) is 24.3 Å². The van der Waals surface area contributed by atoms with Crippen LogP contribution in [0.5, 0.6) is 5.75 Å². The maximum Gasteiger partial charge on any atom is 0.351 e. The van der Waals surface area contributed by atoms with Gasteiger partial charge in [-0.05, 0) is 38.0 Å². The number of carboxylic acid groups (broad SMARTS) is 1. The lowest BCUT2D eigenvalue weighted by atomic mass is 10.0. The Kier molecular flexibility index (Phi) is 4.75. The molecule has 0 aliphatic heterocycles. The minimum Gasteiger partial charge on any atom is -0.491 e. The fourth-order valence-electron chi connectivity index (χ4n) is 2.74. The molecular formula is C18H20N2O3. The van der Waals surface area contributed by atoms with Gasteiger partial charge in [-0.3, -0.25) is 0 Å². The molecule has 0 fully saturated rings. The smallest absolute Gasteiger partial charge is 0.351 e. The lowest BCUT2D eigenvalue weighted by Crippen LogP contribution is -2.07. The fourth-order valence-corrected chi connectivity index (χ4v) is 2.74. The molecule has 0 saturated carbocycles. The average Bonchev–Trinajstić information content (AvgIpc) is 2.79. The van der Waals surface area contributed by atoms with Gasteiger partial charge in [0.25, 0.3) is 0 Å². The molecule has 0 unspecified atom stereocenters. The van der Waals surface area contributed by atoms with E-state index in [1.54, 1.807) is 35.9 Å². The average molecular weight is 312 g/mol. The number of carbonyl (C=O) groups is 1. The molecule has 0 aliphatic rings. The minimum atomic E-state index is -1.03. The van der Waals surface area contributed by atoms with Crippen LogP contribution in [-0.4, -0.2) is 21.7 Å². The Labute approximate surface area is 135 Å². The number of rotatable bonds is 5. The van der Waals surface area contributed by atoms with Gasteiger partial charge < -0.3 is 14.4 Å². The molecule has 0 amide bonds. The molecule has 0 saturated heterocycles. The Balaban J connectivity index is 2.63. The van der Waals surface area contributed by atoms with Crippen LogP contribution in [0.2, 0.25) is 0 Å². The molecule has 2 aromatic rings. The van der Waals surface area contributed by atoms with Gasteiger partial charge in [0, 0.05) is 18.3 Å². The van der Waals surface area contributed by atoms with Gasteiger partial charge in [0.1, 0.15) is 11.4 Å². The summed E-state index contributed by atoms with van der Waals surface area (Å²) in [6.07, 6.45) is 0.668. The van der Waals surface area contributed by atoms with Gasteiger partial charge in [-0.2, -0.15) is 0 Å². The van der Waals surface area contributed by atoms with Gasteiger partial charge in [0.05, 0.1) is 12.7 Å². The van der Waals surface area contributed by atoms with Crippen LogP contribution in [0.25, 0.3) is 16.0 Å². The highest BCUT2D eigenvalue weighted by Gasteiger charge is 2.25. The van der Waals surface area contributed by atoms with Gasteiger partial charge in [-0.1, -0.05) is 19.1 Å². The van der Waals surface area contributed by atoms with Crippen molar-refractivity contribution in [2.24, 2.45) is 7.05 Å². The van der Waals surface area contributed by atoms with Crippen molar-refractivity contribution in [1.29, 1.82) is 0 Å². The van der Waals surface area contributed by atoms with Crippen molar-refractivity contribution in [3.05, 3.63) is 47.1 Å². The van der Waals surface area contributed by atoms with E-state index in [0.717, 1.165) is 11.4 Å². The van der Waals surface area contributed by atoms with Crippen molar-refractivity contribution in [2.75, 3.05) is 0 Å². The second kappa shape index (κ2) is 6.57. The highest BCUT2D eigenvalue weighted by atomic mass is 16.5. The van der Waals surface area contributed by atoms with Gasteiger partial charge in [-0.25, -0.2) is 9.64 Å². The largest absolute Gasteiger partial charge is 0.491 e. The molecule has 0 spiro atoms. The predicted octanol–water partition coefficient (Wildman–Crippen LogP) is 4.29. The lowest BCUT2D eigenvalue weighted by Gasteiger charge is -2.10. The van der Waals surface area contributed by atoms with E-state index in [1.807, 2.05) is 20.8 Å². The number of nitrogens with zero attached hydrogens (tertiary/aromatic N) is 2. The monoisotopic (exact) mass is 312 g/mol. The summed E-state index contributed by atoms with van der Waals surface area (Å²) in [6.45, 7) is 13.3. The first kappa shape index (κ1) is 16.6. The molecule has 0 bridgehead atoms. The highest BCUT2D eigenvalue weighted by Crippen LogP contribution is 2.39. The number of hydrogen-bond acceptors (Lipinski definition) is 2. The molecule has 1 aromatic carbocycles. The third-order valence-electron chi connectivity index (χ3n) is 3.65. The standard InChI is InChI=1S/C18H20N2O3/c1-6-14-16(19-4)15(17(18(21)22)20(14)5)12-7-9-13(10-8-12)23-11(2)3/h7-11H,6H2,1-3,5H3,(H,21,22). The number of hydrogen-bond donors (Lipinski definition) is 1. The summed E-state index contributed by atoms with van der Waals surface area (Å²) in [7, 11) is 1.69. The molecule has 23 heavy (non-hydrogen) atoms. The van der Waals surface area contributed by atoms with E-state index in [-0.39, 0.29) is 11.8 Å². The van der Waals surface area contributed by atoms with E-state index in [1.165, 1.54) is 0 Å². The highest BCUT2D eigenvalue weighted by molar-refractivity contribution is 6.00. The Hall–Kier alpha value is -2.74. The first-order valence-electron chi connectivity index (χ1n) is 7.50. The van der Waals surface area contributed by atoms with E-state index >= 15 is 0 Å². The molecule has 1 N–H and O–H groups in total. The summed E-state index contributed by atoms with van der Waals surface area (Å²) in [4.78, 5) is 15.3. The van der Waals surface area contributed by atoms with Crippen molar-refractivity contribution in [2.45, 2.75) is 33.3 Å². The zero-order valence-corrected chi connectivity index (χ0v) is 13.8. The van der Waals surface area contributed by atoms with Gasteiger partial charge in [0.2, 0.25) is 5.69 Å². The zero-order valence-electron chi connectivity index (χ0n) is 13.8. The van der Waals surface area contributed by atoms with E-state index < -0.39 is 5.97 Å². The Morgan fingerprint density at radius 1 is 1.35 bits per heavy atom. The van der Waals surface area contributed by atoms with E-state index in [0.29, 0.717) is 23.2 Å². The normalized spacial score (nSPS) is 10.6. The second-order valence-corrected chi connectivity index (χ2v) is 5.54. The number of aromatic carboxylic acids is 1. The summed E-state index contributed by atoms with van der Waals surface area (Å²) < 4.78 is 7.21. The van der Waals surface area contributed by atoms with E-state index in [4.69, 9.17) is 11.3 Å². The number of aromatic nitrogens is 1.